The molecule has 2 rings (SSSR count). The highest BCUT2D eigenvalue weighted by Crippen LogP contribution is 2.22. The lowest BCUT2D eigenvalue weighted by Gasteiger charge is -2.25. The Morgan fingerprint density at radius 1 is 0.639 bits per heavy atom. The van der Waals surface area contributed by atoms with E-state index in [1.807, 2.05) is 0 Å². The van der Waals surface area contributed by atoms with Gasteiger partial charge in [-0.1, -0.05) is 115 Å². The lowest BCUT2D eigenvalue weighted by atomic mass is 9.89. The number of hydrogen-bond acceptors (Lipinski definition) is 1. The van der Waals surface area contributed by atoms with E-state index in [0.717, 1.165) is 42.7 Å². The molecule has 3 atom stereocenters. The van der Waals surface area contributed by atoms with E-state index in [1.54, 1.807) is 0 Å². The van der Waals surface area contributed by atoms with E-state index in [0.29, 0.717) is 0 Å². The number of nitrogens with zero attached hydrogens (tertiary/aromatic N) is 1. The molecule has 3 unspecified atom stereocenters. The Kier molecular flexibility index (Phi) is 16.4. The van der Waals surface area contributed by atoms with E-state index in [9.17, 15) is 0 Å². The number of benzene rings is 2. The molecule has 36 heavy (non-hydrogen) atoms. The van der Waals surface area contributed by atoms with Gasteiger partial charge in [-0.3, -0.25) is 4.90 Å². The maximum atomic E-state index is 3.90. The van der Waals surface area contributed by atoms with Gasteiger partial charge < -0.3 is 0 Å². The van der Waals surface area contributed by atoms with Crippen LogP contribution in [0.25, 0.3) is 0 Å². The van der Waals surface area contributed by atoms with Crippen LogP contribution in [0.3, 0.4) is 0 Å². The van der Waals surface area contributed by atoms with Gasteiger partial charge in [-0.25, -0.2) is 0 Å². The Balaban J connectivity index is 0.000000548. The minimum atomic E-state index is 0.790. The summed E-state index contributed by atoms with van der Waals surface area (Å²) in [4.78, 5) is 2.61. The summed E-state index contributed by atoms with van der Waals surface area (Å²) in [5.74, 6) is 4.08. The third-order valence-corrected chi connectivity index (χ3v) is 6.69. The Morgan fingerprint density at radius 3 is 1.50 bits per heavy atom. The average molecular weight is 492 g/mol. The highest BCUT2D eigenvalue weighted by atomic mass is 15.1. The minimum absolute atomic E-state index is 0.790. The first-order valence-electron chi connectivity index (χ1n) is 14.5. The van der Waals surface area contributed by atoms with Gasteiger partial charge in [0.2, 0.25) is 0 Å². The van der Waals surface area contributed by atoms with Crippen LogP contribution in [0.4, 0.5) is 0 Å². The van der Waals surface area contributed by atoms with Crippen molar-refractivity contribution in [1.82, 2.24) is 4.90 Å². The Bertz CT molecular complexity index is 750. The molecule has 0 aliphatic rings. The zero-order valence-corrected chi connectivity index (χ0v) is 25.0. The summed E-state index contributed by atoms with van der Waals surface area (Å²) >= 11 is 0. The zero-order chi connectivity index (χ0) is 26.9. The van der Waals surface area contributed by atoms with Crippen LogP contribution >= 0.6 is 0 Å². The minimum Gasteiger partial charge on any atom is -0.295 e. The Morgan fingerprint density at radius 2 is 1.08 bits per heavy atom. The molecule has 202 valence electrons. The van der Waals surface area contributed by atoms with E-state index in [2.05, 4.69) is 128 Å². The summed E-state index contributed by atoms with van der Waals surface area (Å²) in [6, 6.07) is 21.7. The number of rotatable bonds is 15. The molecule has 0 saturated carbocycles. The molecule has 1 heteroatoms. The van der Waals surface area contributed by atoms with Crippen LogP contribution in [0.5, 0.6) is 0 Å². The fraction of sp³-hybridized carbons (Fsp3) is 0.600. The highest BCUT2D eigenvalue weighted by molar-refractivity contribution is 5.17. The molecule has 0 amide bonds. The van der Waals surface area contributed by atoms with Gasteiger partial charge >= 0.3 is 0 Å². The summed E-state index contributed by atoms with van der Waals surface area (Å²) in [5.41, 5.74) is 4.13. The molecule has 0 heterocycles. The van der Waals surface area contributed by atoms with Crippen LogP contribution in [0.15, 0.2) is 72.8 Å². The topological polar surface area (TPSA) is 3.24 Å². The number of allylic oxidation sites excluding steroid dienone is 1. The standard InChI is InChI=1S/C25H37N.C10H20/c1-21(2)17-23(4)18-22(3)15-16-26(19-24-11-7-5-8-12-24)20-25-13-9-6-10-14-25;1-8(2)6-10(5)7-9(3)4/h5-14,21-23H,15-20H2,1-4H3;9-10H,1,6-7H2,2-5H3. The van der Waals surface area contributed by atoms with Gasteiger partial charge in [0.25, 0.3) is 0 Å². The quantitative estimate of drug-likeness (QED) is 0.224. The summed E-state index contributed by atoms with van der Waals surface area (Å²) < 4.78 is 0. The molecular weight excluding hydrogens is 434 g/mol. The van der Waals surface area contributed by atoms with Crippen LogP contribution in [0.1, 0.15) is 98.6 Å². The predicted molar refractivity (Wildman–Crippen MR) is 162 cm³/mol. The Hall–Kier alpha value is -1.86. The smallest absolute Gasteiger partial charge is 0.0237 e. The lowest BCUT2D eigenvalue weighted by Crippen LogP contribution is -2.25. The van der Waals surface area contributed by atoms with Crippen molar-refractivity contribution in [2.45, 2.75) is 101 Å². The van der Waals surface area contributed by atoms with Crippen LogP contribution in [0, 0.1) is 29.6 Å². The molecule has 0 fully saturated rings. The third-order valence-electron chi connectivity index (χ3n) is 6.69. The first-order chi connectivity index (χ1) is 17.0. The van der Waals surface area contributed by atoms with E-state index >= 15 is 0 Å². The molecule has 2 aromatic rings. The van der Waals surface area contributed by atoms with E-state index < -0.39 is 0 Å². The second-order valence-electron chi connectivity index (χ2n) is 12.4. The van der Waals surface area contributed by atoms with Gasteiger partial charge in [-0.2, -0.15) is 0 Å². The number of hydrogen-bond donors (Lipinski definition) is 0. The van der Waals surface area contributed by atoms with Gasteiger partial charge in [0.15, 0.2) is 0 Å². The van der Waals surface area contributed by atoms with Crippen LogP contribution < -0.4 is 0 Å². The molecule has 0 radical (unpaired) electrons. The second kappa shape index (κ2) is 18.4. The van der Waals surface area contributed by atoms with Crippen molar-refractivity contribution in [3.05, 3.63) is 83.9 Å². The van der Waals surface area contributed by atoms with Crippen molar-refractivity contribution in [3.63, 3.8) is 0 Å². The van der Waals surface area contributed by atoms with E-state index in [4.69, 9.17) is 0 Å². The SMILES string of the molecule is C=C(C)CC(C)CC(C)C.CC(C)CC(C)CC(C)CCN(Cc1ccccc1)Cc1ccccc1. The van der Waals surface area contributed by atoms with Crippen molar-refractivity contribution < 1.29 is 0 Å². The predicted octanol–water partition coefficient (Wildman–Crippen LogP) is 10.4. The van der Waals surface area contributed by atoms with Crippen molar-refractivity contribution in [2.24, 2.45) is 29.6 Å². The third kappa shape index (κ3) is 16.7. The largest absolute Gasteiger partial charge is 0.295 e. The van der Waals surface area contributed by atoms with Gasteiger partial charge in [0.1, 0.15) is 0 Å². The summed E-state index contributed by atoms with van der Waals surface area (Å²) in [6.45, 7) is 25.6. The Labute approximate surface area is 225 Å². The monoisotopic (exact) mass is 491 g/mol. The molecule has 0 aromatic heterocycles. The van der Waals surface area contributed by atoms with Gasteiger partial charge in [0.05, 0.1) is 0 Å². The first kappa shape index (κ1) is 32.2. The normalized spacial score (nSPS) is 13.9. The van der Waals surface area contributed by atoms with Crippen LogP contribution in [-0.2, 0) is 13.1 Å². The second-order valence-corrected chi connectivity index (χ2v) is 12.4. The molecule has 0 spiro atoms. The maximum Gasteiger partial charge on any atom is 0.0237 e. The average Bonchev–Trinajstić information content (AvgIpc) is 2.77. The van der Waals surface area contributed by atoms with Gasteiger partial charge in [0, 0.05) is 13.1 Å². The van der Waals surface area contributed by atoms with Crippen molar-refractivity contribution in [1.29, 1.82) is 0 Å². The first-order valence-corrected chi connectivity index (χ1v) is 14.5. The van der Waals surface area contributed by atoms with Crippen molar-refractivity contribution in [3.8, 4) is 0 Å². The molecule has 0 saturated heterocycles. The molecular formula is C35H57N. The van der Waals surface area contributed by atoms with Gasteiger partial charge in [-0.15, -0.1) is 6.58 Å². The maximum absolute atomic E-state index is 3.90. The molecule has 2 aromatic carbocycles. The zero-order valence-electron chi connectivity index (χ0n) is 25.0. The van der Waals surface area contributed by atoms with Gasteiger partial charge in [-0.05, 0) is 86.3 Å². The van der Waals surface area contributed by atoms with Crippen LogP contribution in [0.2, 0.25) is 0 Å². The fourth-order valence-electron chi connectivity index (χ4n) is 5.49. The molecule has 0 aliphatic heterocycles. The molecule has 0 aliphatic carbocycles. The van der Waals surface area contributed by atoms with Crippen molar-refractivity contribution in [2.75, 3.05) is 6.54 Å². The highest BCUT2D eigenvalue weighted by Gasteiger charge is 2.13. The summed E-state index contributed by atoms with van der Waals surface area (Å²) in [6.07, 6.45) is 6.50. The molecule has 1 nitrogen and oxygen atoms in total. The summed E-state index contributed by atoms with van der Waals surface area (Å²) in [7, 11) is 0. The fourth-order valence-corrected chi connectivity index (χ4v) is 5.49. The summed E-state index contributed by atoms with van der Waals surface area (Å²) in [5, 5.41) is 0. The van der Waals surface area contributed by atoms with Crippen molar-refractivity contribution >= 4 is 0 Å². The van der Waals surface area contributed by atoms with E-state index in [1.165, 1.54) is 55.3 Å². The van der Waals surface area contributed by atoms with E-state index in [-0.39, 0.29) is 0 Å². The lowest BCUT2D eigenvalue weighted by molar-refractivity contribution is 0.227. The molecule has 0 bridgehead atoms. The van der Waals surface area contributed by atoms with Crippen LogP contribution in [-0.4, -0.2) is 11.4 Å². The molecule has 0 N–H and O–H groups in total.